The second kappa shape index (κ2) is 16.3. The van der Waals surface area contributed by atoms with Crippen LogP contribution in [-0.2, 0) is 0 Å². The summed E-state index contributed by atoms with van der Waals surface area (Å²) in [6.07, 6.45) is 20.0. The highest BCUT2D eigenvalue weighted by atomic mass is 16.3. The second-order valence-electron chi connectivity index (χ2n) is 6.77. The van der Waals surface area contributed by atoms with Crippen molar-refractivity contribution in [3.8, 4) is 0 Å². The van der Waals surface area contributed by atoms with Crippen LogP contribution in [0.2, 0.25) is 0 Å². The van der Waals surface area contributed by atoms with Gasteiger partial charge in [0.25, 0.3) is 0 Å². The molecule has 0 amide bonds. The first-order chi connectivity index (χ1) is 11.1. The molecule has 0 aromatic carbocycles. The van der Waals surface area contributed by atoms with Gasteiger partial charge >= 0.3 is 0 Å². The second-order valence-corrected chi connectivity index (χ2v) is 6.77. The Labute approximate surface area is 144 Å². The minimum absolute atomic E-state index is 0.645. The molecule has 0 aromatic heterocycles. The van der Waals surface area contributed by atoms with Crippen molar-refractivity contribution < 1.29 is 10.2 Å². The van der Waals surface area contributed by atoms with Crippen LogP contribution in [0.4, 0.5) is 0 Å². The van der Waals surface area contributed by atoms with E-state index in [1.807, 2.05) is 6.20 Å². The van der Waals surface area contributed by atoms with E-state index in [2.05, 4.69) is 13.0 Å². The van der Waals surface area contributed by atoms with Gasteiger partial charge in [-0.15, -0.1) is 0 Å². The van der Waals surface area contributed by atoms with Crippen LogP contribution >= 0.6 is 0 Å². The minimum atomic E-state index is -0.645. The van der Waals surface area contributed by atoms with Crippen molar-refractivity contribution in [2.24, 2.45) is 0 Å². The zero-order valence-electron chi connectivity index (χ0n) is 15.8. The third-order valence-corrected chi connectivity index (χ3v) is 4.36. The number of aliphatic hydroxyl groups is 2. The third-order valence-electron chi connectivity index (χ3n) is 4.36. The van der Waals surface area contributed by atoms with Crippen molar-refractivity contribution in [2.75, 3.05) is 0 Å². The van der Waals surface area contributed by atoms with Crippen molar-refractivity contribution in [1.82, 2.24) is 4.90 Å². The summed E-state index contributed by atoms with van der Waals surface area (Å²) in [6.45, 7) is 5.61. The first-order valence-electron chi connectivity index (χ1n) is 9.89. The van der Waals surface area contributed by atoms with Gasteiger partial charge in [0.05, 0.1) is 0 Å². The highest BCUT2D eigenvalue weighted by Crippen LogP contribution is 2.12. The molecule has 0 fully saturated rings. The Balaban J connectivity index is 3.33. The highest BCUT2D eigenvalue weighted by molar-refractivity contribution is 4.83. The maximum Gasteiger partial charge on any atom is 0.125 e. The SMILES string of the molecule is CCCCCCCCCCCCCCC=CN(C(C)O)C(C)O. The molecule has 0 aliphatic rings. The minimum Gasteiger partial charge on any atom is -0.374 e. The van der Waals surface area contributed by atoms with Crippen molar-refractivity contribution in [3.63, 3.8) is 0 Å². The lowest BCUT2D eigenvalue weighted by Gasteiger charge is -2.26. The quantitative estimate of drug-likeness (QED) is 0.288. The van der Waals surface area contributed by atoms with Gasteiger partial charge in [-0.2, -0.15) is 0 Å². The summed E-state index contributed by atoms with van der Waals surface area (Å²) in [5.74, 6) is 0. The Bertz CT molecular complexity index is 256. The third kappa shape index (κ3) is 14.8. The summed E-state index contributed by atoms with van der Waals surface area (Å²) < 4.78 is 0. The Morgan fingerprint density at radius 2 is 1.09 bits per heavy atom. The molecule has 138 valence electrons. The Hall–Kier alpha value is -0.540. The predicted octanol–water partition coefficient (Wildman–Crippen LogP) is 5.57. The van der Waals surface area contributed by atoms with Crippen LogP contribution < -0.4 is 0 Å². The van der Waals surface area contributed by atoms with E-state index in [-0.39, 0.29) is 0 Å². The molecular formula is C20H41NO2. The lowest BCUT2D eigenvalue weighted by atomic mass is 10.0. The number of hydrogen-bond acceptors (Lipinski definition) is 3. The standard InChI is InChI=1S/C20H41NO2/c1-4-5-6-7-8-9-10-11-12-13-14-15-16-17-18-21(19(2)22)20(3)23/h17-20,22-23H,4-16H2,1-3H3. The largest absolute Gasteiger partial charge is 0.374 e. The molecule has 0 aliphatic heterocycles. The Morgan fingerprint density at radius 3 is 1.48 bits per heavy atom. The van der Waals surface area contributed by atoms with Crippen molar-refractivity contribution in [3.05, 3.63) is 12.3 Å². The first kappa shape index (κ1) is 22.5. The summed E-state index contributed by atoms with van der Waals surface area (Å²) in [4.78, 5) is 1.56. The van der Waals surface area contributed by atoms with Gasteiger partial charge in [0.15, 0.2) is 0 Å². The van der Waals surface area contributed by atoms with Gasteiger partial charge in [-0.1, -0.05) is 83.6 Å². The van der Waals surface area contributed by atoms with Gasteiger partial charge in [-0.25, -0.2) is 0 Å². The number of unbranched alkanes of at least 4 members (excludes halogenated alkanes) is 12. The predicted molar refractivity (Wildman–Crippen MR) is 100 cm³/mol. The molecule has 0 bridgehead atoms. The maximum atomic E-state index is 9.50. The lowest BCUT2D eigenvalue weighted by Crippen LogP contribution is -2.35. The smallest absolute Gasteiger partial charge is 0.125 e. The van der Waals surface area contributed by atoms with Crippen LogP contribution in [0, 0.1) is 0 Å². The maximum absolute atomic E-state index is 9.50. The summed E-state index contributed by atoms with van der Waals surface area (Å²) in [5.41, 5.74) is 0. The molecule has 0 spiro atoms. The number of allylic oxidation sites excluding steroid dienone is 1. The fourth-order valence-electron chi connectivity index (χ4n) is 2.86. The summed E-state index contributed by atoms with van der Waals surface area (Å²) in [7, 11) is 0. The Morgan fingerprint density at radius 1 is 0.696 bits per heavy atom. The zero-order valence-corrected chi connectivity index (χ0v) is 15.8. The highest BCUT2D eigenvalue weighted by Gasteiger charge is 2.10. The van der Waals surface area contributed by atoms with Crippen LogP contribution in [0.1, 0.15) is 104 Å². The van der Waals surface area contributed by atoms with E-state index >= 15 is 0 Å². The number of hydrogen-bond donors (Lipinski definition) is 2. The molecule has 2 N–H and O–H groups in total. The van der Waals surface area contributed by atoms with Gasteiger partial charge in [0, 0.05) is 6.20 Å². The molecule has 2 atom stereocenters. The fraction of sp³-hybridized carbons (Fsp3) is 0.900. The van der Waals surface area contributed by atoms with Gasteiger partial charge in [-0.05, 0) is 26.7 Å². The van der Waals surface area contributed by atoms with Gasteiger partial charge in [0.2, 0.25) is 0 Å². The van der Waals surface area contributed by atoms with Crippen LogP contribution in [0.25, 0.3) is 0 Å². The molecule has 0 aromatic rings. The van der Waals surface area contributed by atoms with E-state index in [9.17, 15) is 10.2 Å². The monoisotopic (exact) mass is 327 g/mol. The first-order valence-corrected chi connectivity index (χ1v) is 9.89. The molecule has 23 heavy (non-hydrogen) atoms. The van der Waals surface area contributed by atoms with E-state index in [1.54, 1.807) is 18.7 Å². The molecule has 0 heterocycles. The van der Waals surface area contributed by atoms with Gasteiger partial charge in [0.1, 0.15) is 12.5 Å². The molecule has 0 aliphatic carbocycles. The molecule has 0 saturated heterocycles. The number of rotatable bonds is 16. The molecule has 0 radical (unpaired) electrons. The molecule has 0 rings (SSSR count). The molecule has 3 heteroatoms. The Kier molecular flexibility index (Phi) is 15.9. The van der Waals surface area contributed by atoms with E-state index < -0.39 is 12.5 Å². The number of nitrogens with zero attached hydrogens (tertiary/aromatic N) is 1. The van der Waals surface area contributed by atoms with Gasteiger partial charge < -0.3 is 15.1 Å². The van der Waals surface area contributed by atoms with Crippen LogP contribution in [0.5, 0.6) is 0 Å². The molecular weight excluding hydrogens is 286 g/mol. The topological polar surface area (TPSA) is 43.7 Å². The fourth-order valence-corrected chi connectivity index (χ4v) is 2.86. The van der Waals surface area contributed by atoms with Crippen LogP contribution in [-0.4, -0.2) is 27.6 Å². The van der Waals surface area contributed by atoms with Crippen molar-refractivity contribution >= 4 is 0 Å². The zero-order chi connectivity index (χ0) is 17.3. The van der Waals surface area contributed by atoms with Crippen LogP contribution in [0.15, 0.2) is 12.3 Å². The average Bonchev–Trinajstić information content (AvgIpc) is 2.50. The number of aliphatic hydroxyl groups excluding tert-OH is 2. The average molecular weight is 328 g/mol. The van der Waals surface area contributed by atoms with Gasteiger partial charge in [-0.3, -0.25) is 0 Å². The van der Waals surface area contributed by atoms with E-state index in [0.29, 0.717) is 0 Å². The van der Waals surface area contributed by atoms with E-state index in [4.69, 9.17) is 0 Å². The lowest BCUT2D eigenvalue weighted by molar-refractivity contribution is -0.0513. The van der Waals surface area contributed by atoms with E-state index in [1.165, 1.54) is 77.0 Å². The molecule has 0 saturated carbocycles. The molecule has 2 unspecified atom stereocenters. The summed E-state index contributed by atoms with van der Waals surface area (Å²) in [5, 5.41) is 19.0. The van der Waals surface area contributed by atoms with Crippen molar-refractivity contribution in [2.45, 2.75) is 117 Å². The summed E-state index contributed by atoms with van der Waals surface area (Å²) in [6, 6.07) is 0. The van der Waals surface area contributed by atoms with Crippen molar-refractivity contribution in [1.29, 1.82) is 0 Å². The summed E-state index contributed by atoms with van der Waals surface area (Å²) >= 11 is 0. The van der Waals surface area contributed by atoms with E-state index in [0.717, 1.165) is 6.42 Å². The van der Waals surface area contributed by atoms with Crippen LogP contribution in [0.3, 0.4) is 0 Å². The normalized spacial score (nSPS) is 14.3. The molecule has 3 nitrogen and oxygen atoms in total.